The van der Waals surface area contributed by atoms with Gasteiger partial charge in [0.05, 0.1) is 0 Å². The first-order chi connectivity index (χ1) is 12.3. The monoisotopic (exact) mass is 348 g/mol. The molecule has 0 aromatic heterocycles. The summed E-state index contributed by atoms with van der Waals surface area (Å²) in [5.41, 5.74) is 5.67. The summed E-state index contributed by atoms with van der Waals surface area (Å²) in [7, 11) is 0. The highest BCUT2D eigenvalue weighted by Gasteiger charge is 2.45. The van der Waals surface area contributed by atoms with Crippen molar-refractivity contribution in [3.05, 3.63) is 53.6 Å². The minimum atomic E-state index is -0.638. The lowest BCUT2D eigenvalue weighted by atomic mass is 9.74. The van der Waals surface area contributed by atoms with Gasteiger partial charge in [-0.3, -0.25) is 9.59 Å². The summed E-state index contributed by atoms with van der Waals surface area (Å²) in [5, 5.41) is 5.82. The molecule has 1 aliphatic heterocycles. The zero-order chi connectivity index (χ0) is 18.5. The van der Waals surface area contributed by atoms with Crippen LogP contribution in [-0.2, 0) is 16.0 Å². The molecule has 4 heteroatoms. The van der Waals surface area contributed by atoms with Crippen LogP contribution in [0.5, 0.6) is 0 Å². The normalized spacial score (nSPS) is 21.1. The lowest BCUT2D eigenvalue weighted by Gasteiger charge is -2.29. The van der Waals surface area contributed by atoms with E-state index in [1.54, 1.807) is 0 Å². The van der Waals surface area contributed by atoms with Crippen molar-refractivity contribution in [2.75, 3.05) is 11.9 Å². The van der Waals surface area contributed by atoms with Crippen molar-refractivity contribution in [3.8, 4) is 11.1 Å². The molecule has 0 radical (unpaired) electrons. The Morgan fingerprint density at radius 3 is 2.58 bits per heavy atom. The number of hydrogen-bond donors (Lipinski definition) is 2. The van der Waals surface area contributed by atoms with Gasteiger partial charge in [0.1, 0.15) is 5.92 Å². The first kappa shape index (κ1) is 16.8. The van der Waals surface area contributed by atoms with Crippen LogP contribution in [0.2, 0.25) is 0 Å². The summed E-state index contributed by atoms with van der Waals surface area (Å²) < 4.78 is 0. The summed E-state index contributed by atoms with van der Waals surface area (Å²) >= 11 is 0. The van der Waals surface area contributed by atoms with Crippen LogP contribution in [0.25, 0.3) is 11.1 Å². The van der Waals surface area contributed by atoms with Crippen molar-refractivity contribution in [1.29, 1.82) is 0 Å². The first-order valence-corrected chi connectivity index (χ1v) is 9.14. The Morgan fingerprint density at radius 2 is 1.81 bits per heavy atom. The third-order valence-corrected chi connectivity index (χ3v) is 5.64. The lowest BCUT2D eigenvalue weighted by molar-refractivity contribution is -0.132. The minimum absolute atomic E-state index is 0.00585. The van der Waals surface area contributed by atoms with Crippen LogP contribution in [0.15, 0.2) is 42.5 Å². The van der Waals surface area contributed by atoms with Gasteiger partial charge in [-0.25, -0.2) is 0 Å². The summed E-state index contributed by atoms with van der Waals surface area (Å²) in [5.74, 6) is -1.03. The fraction of sp³-hybridized carbons (Fsp3) is 0.364. The lowest BCUT2D eigenvalue weighted by Crippen LogP contribution is -2.37. The molecule has 4 nitrogen and oxygen atoms in total. The SMILES string of the molecule is CC(C)(C)[C@H]1CNC(=O)[C@H]1C(=O)Nc1ccc2c(c1)Cc1ccccc1-2. The highest BCUT2D eigenvalue weighted by atomic mass is 16.2. The molecule has 1 fully saturated rings. The number of carbonyl (C=O) groups is 2. The molecule has 0 saturated carbocycles. The van der Waals surface area contributed by atoms with E-state index < -0.39 is 5.92 Å². The summed E-state index contributed by atoms with van der Waals surface area (Å²) in [4.78, 5) is 25.1. The second-order valence-electron chi connectivity index (χ2n) is 8.39. The van der Waals surface area contributed by atoms with Crippen molar-refractivity contribution >= 4 is 17.5 Å². The molecule has 0 bridgehead atoms. The third-order valence-electron chi connectivity index (χ3n) is 5.64. The van der Waals surface area contributed by atoms with Gasteiger partial charge in [0.2, 0.25) is 11.8 Å². The van der Waals surface area contributed by atoms with Crippen molar-refractivity contribution in [2.45, 2.75) is 27.2 Å². The van der Waals surface area contributed by atoms with Crippen LogP contribution >= 0.6 is 0 Å². The van der Waals surface area contributed by atoms with Crippen molar-refractivity contribution < 1.29 is 9.59 Å². The van der Waals surface area contributed by atoms with Gasteiger partial charge in [0, 0.05) is 18.2 Å². The molecule has 0 unspecified atom stereocenters. The Labute approximate surface area is 154 Å². The van der Waals surface area contributed by atoms with Gasteiger partial charge in [-0.05, 0) is 46.2 Å². The van der Waals surface area contributed by atoms with Crippen LogP contribution in [0.3, 0.4) is 0 Å². The van der Waals surface area contributed by atoms with Crippen molar-refractivity contribution in [2.24, 2.45) is 17.3 Å². The number of amides is 2. The quantitative estimate of drug-likeness (QED) is 0.695. The van der Waals surface area contributed by atoms with E-state index in [9.17, 15) is 9.59 Å². The topological polar surface area (TPSA) is 58.2 Å². The van der Waals surface area contributed by atoms with E-state index in [1.807, 2.05) is 12.1 Å². The summed E-state index contributed by atoms with van der Waals surface area (Å²) in [6.45, 7) is 6.78. The molecular weight excluding hydrogens is 324 g/mol. The van der Waals surface area contributed by atoms with Gasteiger partial charge in [-0.1, -0.05) is 51.1 Å². The highest BCUT2D eigenvalue weighted by Crippen LogP contribution is 2.38. The maximum atomic E-state index is 12.8. The molecular formula is C22H24N2O2. The van der Waals surface area contributed by atoms with E-state index in [-0.39, 0.29) is 23.1 Å². The van der Waals surface area contributed by atoms with Crippen molar-refractivity contribution in [3.63, 3.8) is 0 Å². The van der Waals surface area contributed by atoms with Crippen LogP contribution in [0.1, 0.15) is 31.9 Å². The molecule has 1 heterocycles. The molecule has 2 aromatic rings. The number of benzene rings is 2. The Bertz CT molecular complexity index is 895. The molecule has 0 spiro atoms. The third kappa shape index (κ3) is 2.79. The Balaban J connectivity index is 1.56. The zero-order valence-corrected chi connectivity index (χ0v) is 15.4. The van der Waals surface area contributed by atoms with E-state index in [4.69, 9.17) is 0 Å². The highest BCUT2D eigenvalue weighted by molar-refractivity contribution is 6.08. The molecule has 2 aromatic carbocycles. The minimum Gasteiger partial charge on any atom is -0.355 e. The fourth-order valence-corrected chi connectivity index (χ4v) is 4.17. The Hall–Kier alpha value is -2.62. The van der Waals surface area contributed by atoms with E-state index in [2.05, 4.69) is 61.7 Å². The van der Waals surface area contributed by atoms with Crippen LogP contribution < -0.4 is 10.6 Å². The molecule has 2 atom stereocenters. The van der Waals surface area contributed by atoms with Gasteiger partial charge < -0.3 is 10.6 Å². The van der Waals surface area contributed by atoms with Crippen LogP contribution in [0, 0.1) is 17.3 Å². The number of anilines is 1. The second-order valence-corrected chi connectivity index (χ2v) is 8.39. The first-order valence-electron chi connectivity index (χ1n) is 9.14. The maximum Gasteiger partial charge on any atom is 0.237 e. The molecule has 26 heavy (non-hydrogen) atoms. The molecule has 2 aliphatic rings. The number of nitrogens with one attached hydrogen (secondary N) is 2. The molecule has 1 aliphatic carbocycles. The van der Waals surface area contributed by atoms with Gasteiger partial charge >= 0.3 is 0 Å². The number of carbonyl (C=O) groups excluding carboxylic acids is 2. The zero-order valence-electron chi connectivity index (χ0n) is 15.4. The van der Waals surface area contributed by atoms with Gasteiger partial charge in [-0.2, -0.15) is 0 Å². The Kier molecular flexibility index (Phi) is 3.87. The summed E-state index contributed by atoms with van der Waals surface area (Å²) in [6.07, 6.45) is 0.879. The van der Waals surface area contributed by atoms with Gasteiger partial charge in [-0.15, -0.1) is 0 Å². The fourth-order valence-electron chi connectivity index (χ4n) is 4.17. The summed E-state index contributed by atoms with van der Waals surface area (Å²) in [6, 6.07) is 14.4. The van der Waals surface area contributed by atoms with Crippen molar-refractivity contribution in [1.82, 2.24) is 5.32 Å². The van der Waals surface area contributed by atoms with E-state index in [1.165, 1.54) is 22.3 Å². The largest absolute Gasteiger partial charge is 0.355 e. The average molecular weight is 348 g/mol. The predicted molar refractivity (Wildman–Crippen MR) is 103 cm³/mol. The molecule has 134 valence electrons. The predicted octanol–water partition coefficient (Wildman–Crippen LogP) is 3.60. The molecule has 2 N–H and O–H groups in total. The molecule has 4 rings (SSSR count). The molecule has 1 saturated heterocycles. The maximum absolute atomic E-state index is 12.8. The average Bonchev–Trinajstić information content (AvgIpc) is 3.14. The Morgan fingerprint density at radius 1 is 1.08 bits per heavy atom. The second kappa shape index (κ2) is 5.97. The van der Waals surface area contributed by atoms with Gasteiger partial charge in [0.15, 0.2) is 0 Å². The van der Waals surface area contributed by atoms with Gasteiger partial charge in [0.25, 0.3) is 0 Å². The number of hydrogen-bond acceptors (Lipinski definition) is 2. The smallest absolute Gasteiger partial charge is 0.237 e. The van der Waals surface area contributed by atoms with Crippen LogP contribution in [0.4, 0.5) is 5.69 Å². The number of rotatable bonds is 2. The number of fused-ring (bicyclic) bond motifs is 3. The van der Waals surface area contributed by atoms with E-state index in [0.717, 1.165) is 12.1 Å². The van der Waals surface area contributed by atoms with E-state index >= 15 is 0 Å². The van der Waals surface area contributed by atoms with E-state index in [0.29, 0.717) is 6.54 Å². The standard InChI is InChI=1S/C22H24N2O2/c1-22(2,3)18-12-23-20(25)19(18)21(26)24-15-8-9-17-14(11-15)10-13-6-4-5-7-16(13)17/h4-9,11,18-19H,10,12H2,1-3H3,(H,23,25)(H,24,26)/t18-,19-/m0/s1. The molecule has 2 amide bonds. The van der Waals surface area contributed by atoms with Crippen LogP contribution in [-0.4, -0.2) is 18.4 Å².